The summed E-state index contributed by atoms with van der Waals surface area (Å²) < 4.78 is 5.73. The third kappa shape index (κ3) is 3.38. The predicted octanol–water partition coefficient (Wildman–Crippen LogP) is 3.62. The van der Waals surface area contributed by atoms with E-state index in [0.29, 0.717) is 11.6 Å². The lowest BCUT2D eigenvalue weighted by molar-refractivity contribution is 0.0601. The highest BCUT2D eigenvalue weighted by molar-refractivity contribution is 9.10. The van der Waals surface area contributed by atoms with Crippen molar-refractivity contribution in [2.24, 2.45) is 17.8 Å². The average Bonchev–Trinajstić information content (AvgIpc) is 3.16. The second-order valence-corrected chi connectivity index (χ2v) is 9.06. The maximum Gasteiger partial charge on any atom is 0.341 e. The van der Waals surface area contributed by atoms with Crippen LogP contribution in [0.2, 0.25) is 0 Å². The lowest BCUT2D eigenvalue weighted by Crippen LogP contribution is -2.48. The first-order valence-electron chi connectivity index (χ1n) is 9.81. The molecule has 1 aliphatic heterocycles. The summed E-state index contributed by atoms with van der Waals surface area (Å²) in [6.45, 7) is 4.29. The maximum atomic E-state index is 12.1. The molecule has 1 aromatic heterocycles. The summed E-state index contributed by atoms with van der Waals surface area (Å²) in [5, 5.41) is 3.96. The Kier molecular flexibility index (Phi) is 5.24. The number of methoxy groups -OCH3 is 1. The topological polar surface area (TPSA) is 54.5 Å². The minimum atomic E-state index is -0.329. The molecule has 142 valence electrons. The van der Waals surface area contributed by atoms with Crippen LogP contribution in [0.15, 0.2) is 16.7 Å². The molecule has 1 N–H and O–H groups in total. The van der Waals surface area contributed by atoms with Crippen LogP contribution in [0.4, 0.5) is 5.82 Å². The van der Waals surface area contributed by atoms with Crippen molar-refractivity contribution in [2.75, 3.05) is 25.1 Å². The number of nitrogens with zero attached hydrogens (tertiary/aromatic N) is 2. The Balaban J connectivity index is 1.38. The van der Waals surface area contributed by atoms with Crippen LogP contribution in [0.1, 0.15) is 49.4 Å². The Morgan fingerprint density at radius 1 is 1.31 bits per heavy atom. The summed E-state index contributed by atoms with van der Waals surface area (Å²) in [4.78, 5) is 18.8. The zero-order valence-corrected chi connectivity index (χ0v) is 17.2. The van der Waals surface area contributed by atoms with Crippen LogP contribution in [-0.4, -0.2) is 43.2 Å². The molecule has 2 saturated carbocycles. The highest BCUT2D eigenvalue weighted by Crippen LogP contribution is 2.49. The van der Waals surface area contributed by atoms with Crippen molar-refractivity contribution in [1.29, 1.82) is 0 Å². The number of anilines is 1. The van der Waals surface area contributed by atoms with E-state index >= 15 is 0 Å². The number of ether oxygens (including phenoxy) is 1. The first-order chi connectivity index (χ1) is 12.6. The molecule has 1 saturated heterocycles. The van der Waals surface area contributed by atoms with Gasteiger partial charge in [-0.2, -0.15) is 0 Å². The Hall–Kier alpha value is -1.14. The third-order valence-corrected chi connectivity index (χ3v) is 7.28. The van der Waals surface area contributed by atoms with E-state index in [4.69, 9.17) is 4.74 Å². The molecule has 3 unspecified atom stereocenters. The fraction of sp³-hybridized carbons (Fsp3) is 0.700. The van der Waals surface area contributed by atoms with Crippen molar-refractivity contribution in [3.63, 3.8) is 0 Å². The number of carbonyl (C=O) groups is 1. The monoisotopic (exact) mass is 421 g/mol. The van der Waals surface area contributed by atoms with Crippen molar-refractivity contribution in [3.8, 4) is 0 Å². The number of halogens is 1. The van der Waals surface area contributed by atoms with Gasteiger partial charge < -0.3 is 15.0 Å². The molecule has 2 bridgehead atoms. The summed E-state index contributed by atoms with van der Waals surface area (Å²) in [6, 6.07) is 3.10. The van der Waals surface area contributed by atoms with Gasteiger partial charge in [-0.25, -0.2) is 9.78 Å². The normalized spacial score (nSPS) is 31.4. The Morgan fingerprint density at radius 3 is 2.69 bits per heavy atom. The standard InChI is InChI=1S/C20H28BrN3O2/c1-12-13-3-4-16(12)18(9-13)23-15-5-7-24(8-6-15)19-17(20(25)26-2)10-14(21)11-22-19/h10-13,15-16,18,23H,3-9H2,1-2H3/t12-,13?,16?,18?/m1/s1. The predicted molar refractivity (Wildman–Crippen MR) is 105 cm³/mol. The number of carbonyl (C=O) groups excluding carboxylic acids is 1. The molecular formula is C20H28BrN3O2. The summed E-state index contributed by atoms with van der Waals surface area (Å²) in [6.07, 6.45) is 8.17. The van der Waals surface area contributed by atoms with E-state index < -0.39 is 0 Å². The number of aromatic nitrogens is 1. The van der Waals surface area contributed by atoms with Crippen molar-refractivity contribution in [1.82, 2.24) is 10.3 Å². The molecule has 0 aromatic carbocycles. The fourth-order valence-electron chi connectivity index (χ4n) is 5.38. The van der Waals surface area contributed by atoms with Crippen LogP contribution >= 0.6 is 15.9 Å². The third-order valence-electron chi connectivity index (χ3n) is 6.85. The van der Waals surface area contributed by atoms with E-state index in [9.17, 15) is 4.79 Å². The lowest BCUT2D eigenvalue weighted by Gasteiger charge is -2.36. The van der Waals surface area contributed by atoms with Gasteiger partial charge in [-0.3, -0.25) is 0 Å². The number of fused-ring (bicyclic) bond motifs is 2. The van der Waals surface area contributed by atoms with Crippen LogP contribution in [0.3, 0.4) is 0 Å². The molecule has 0 spiro atoms. The van der Waals surface area contributed by atoms with Crippen molar-refractivity contribution in [2.45, 2.75) is 51.1 Å². The molecule has 3 aliphatic rings. The van der Waals surface area contributed by atoms with Crippen molar-refractivity contribution >= 4 is 27.7 Å². The van der Waals surface area contributed by atoms with E-state index in [1.807, 2.05) is 0 Å². The number of hydrogen-bond donors (Lipinski definition) is 1. The second-order valence-electron chi connectivity index (χ2n) is 8.15. The summed E-state index contributed by atoms with van der Waals surface area (Å²) in [7, 11) is 1.42. The number of esters is 1. The van der Waals surface area contributed by atoms with E-state index in [1.54, 1.807) is 12.3 Å². The molecule has 0 radical (unpaired) electrons. The lowest BCUT2D eigenvalue weighted by atomic mass is 9.92. The zero-order chi connectivity index (χ0) is 18.3. The number of hydrogen-bond acceptors (Lipinski definition) is 5. The molecule has 4 rings (SSSR count). The van der Waals surface area contributed by atoms with Gasteiger partial charge in [0.15, 0.2) is 0 Å². The van der Waals surface area contributed by atoms with Crippen molar-refractivity contribution < 1.29 is 9.53 Å². The van der Waals surface area contributed by atoms with Crippen molar-refractivity contribution in [3.05, 3.63) is 22.3 Å². The van der Waals surface area contributed by atoms with E-state index in [2.05, 4.69) is 38.1 Å². The number of piperidine rings is 1. The van der Waals surface area contributed by atoms with Gasteiger partial charge in [-0.15, -0.1) is 0 Å². The van der Waals surface area contributed by atoms with E-state index in [1.165, 1.54) is 26.4 Å². The van der Waals surface area contributed by atoms with Gasteiger partial charge in [0.2, 0.25) is 0 Å². The largest absolute Gasteiger partial charge is 0.465 e. The van der Waals surface area contributed by atoms with Crippen LogP contribution in [0, 0.1) is 17.8 Å². The van der Waals surface area contributed by atoms with Crippen LogP contribution in [-0.2, 0) is 4.74 Å². The number of rotatable bonds is 4. The molecular weight excluding hydrogens is 394 g/mol. The average molecular weight is 422 g/mol. The van der Waals surface area contributed by atoms with Gasteiger partial charge in [0.25, 0.3) is 0 Å². The molecule has 5 nitrogen and oxygen atoms in total. The minimum Gasteiger partial charge on any atom is -0.465 e. The molecule has 4 atom stereocenters. The van der Waals surface area contributed by atoms with E-state index in [0.717, 1.165) is 60.0 Å². The smallest absolute Gasteiger partial charge is 0.341 e. The zero-order valence-electron chi connectivity index (χ0n) is 15.6. The fourth-order valence-corrected chi connectivity index (χ4v) is 5.71. The minimum absolute atomic E-state index is 0.329. The number of pyridine rings is 1. The summed E-state index contributed by atoms with van der Waals surface area (Å²) in [5.41, 5.74) is 0.537. The Morgan fingerprint density at radius 2 is 2.08 bits per heavy atom. The second kappa shape index (κ2) is 7.47. The quantitative estimate of drug-likeness (QED) is 0.752. The summed E-state index contributed by atoms with van der Waals surface area (Å²) in [5.74, 6) is 3.16. The highest BCUT2D eigenvalue weighted by atomic mass is 79.9. The van der Waals surface area contributed by atoms with Crippen LogP contribution in [0.25, 0.3) is 0 Å². The summed E-state index contributed by atoms with van der Waals surface area (Å²) >= 11 is 3.40. The van der Waals surface area contributed by atoms with Crippen LogP contribution in [0.5, 0.6) is 0 Å². The molecule has 6 heteroatoms. The molecule has 1 aromatic rings. The van der Waals surface area contributed by atoms with Gasteiger partial charge in [0, 0.05) is 35.8 Å². The first-order valence-corrected chi connectivity index (χ1v) is 10.6. The molecule has 2 aliphatic carbocycles. The molecule has 26 heavy (non-hydrogen) atoms. The molecule has 0 amide bonds. The van der Waals surface area contributed by atoms with E-state index in [-0.39, 0.29) is 5.97 Å². The van der Waals surface area contributed by atoms with Gasteiger partial charge >= 0.3 is 5.97 Å². The first kappa shape index (κ1) is 18.2. The van der Waals surface area contributed by atoms with Gasteiger partial charge in [-0.1, -0.05) is 6.92 Å². The maximum absolute atomic E-state index is 12.1. The molecule has 2 heterocycles. The van der Waals surface area contributed by atoms with Gasteiger partial charge in [-0.05, 0) is 71.9 Å². The SMILES string of the molecule is COC(=O)c1cc(Br)cnc1N1CCC(NC2CC3CCC2[C@@H]3C)CC1. The Labute approximate surface area is 164 Å². The highest BCUT2D eigenvalue weighted by Gasteiger charge is 2.45. The van der Waals surface area contributed by atoms with Gasteiger partial charge in [0.05, 0.1) is 7.11 Å². The van der Waals surface area contributed by atoms with Gasteiger partial charge in [0.1, 0.15) is 11.4 Å². The molecule has 3 fully saturated rings. The number of nitrogens with one attached hydrogen (secondary N) is 1. The van der Waals surface area contributed by atoms with Crippen LogP contribution < -0.4 is 10.2 Å². The Bertz CT molecular complexity index is 675.